The van der Waals surface area contributed by atoms with Gasteiger partial charge in [0.05, 0.1) is 0 Å². The van der Waals surface area contributed by atoms with Crippen molar-refractivity contribution >= 4 is 21.9 Å². The Kier molecular flexibility index (Phi) is 3.60. The van der Waals surface area contributed by atoms with E-state index in [-0.39, 0.29) is 6.42 Å². The van der Waals surface area contributed by atoms with Crippen LogP contribution in [0, 0.1) is 5.82 Å². The van der Waals surface area contributed by atoms with Crippen LogP contribution in [0.5, 0.6) is 0 Å². The summed E-state index contributed by atoms with van der Waals surface area (Å²) >= 11 is 3.17. The lowest BCUT2D eigenvalue weighted by molar-refractivity contribution is -0.138. The molecule has 0 radical (unpaired) electrons. The van der Waals surface area contributed by atoms with Crippen molar-refractivity contribution in [3.8, 4) is 0 Å². The molecule has 3 nitrogen and oxygen atoms in total. The van der Waals surface area contributed by atoms with Crippen molar-refractivity contribution in [1.29, 1.82) is 0 Å². The van der Waals surface area contributed by atoms with Crippen LogP contribution in [0.1, 0.15) is 5.56 Å². The first-order valence-corrected chi connectivity index (χ1v) is 4.72. The Morgan fingerprint density at radius 3 is 2.86 bits per heavy atom. The molecular weight excluding hydrogens is 253 g/mol. The largest absolute Gasteiger partial charge is 0.480 e. The molecule has 3 N–H and O–H groups in total. The molecule has 0 saturated heterocycles. The highest BCUT2D eigenvalue weighted by molar-refractivity contribution is 9.10. The molecule has 0 aliphatic rings. The van der Waals surface area contributed by atoms with Gasteiger partial charge in [-0.1, -0.05) is 15.9 Å². The minimum absolute atomic E-state index is 0.0133. The summed E-state index contributed by atoms with van der Waals surface area (Å²) in [7, 11) is 0. The zero-order valence-electron chi connectivity index (χ0n) is 7.21. The number of aliphatic carboxylic acids is 1. The third kappa shape index (κ3) is 2.78. The summed E-state index contributed by atoms with van der Waals surface area (Å²) in [5, 5.41) is 8.54. The van der Waals surface area contributed by atoms with Crippen LogP contribution in [0.3, 0.4) is 0 Å². The number of halogens is 2. The number of hydrogen-bond acceptors (Lipinski definition) is 2. The summed E-state index contributed by atoms with van der Waals surface area (Å²) in [6.45, 7) is 0. The van der Waals surface area contributed by atoms with Gasteiger partial charge in [-0.25, -0.2) is 4.39 Å². The Morgan fingerprint density at radius 2 is 2.29 bits per heavy atom. The molecule has 0 spiro atoms. The average molecular weight is 262 g/mol. The van der Waals surface area contributed by atoms with Gasteiger partial charge in [0.1, 0.15) is 11.9 Å². The maximum atomic E-state index is 13.1. The third-order valence-corrected chi connectivity index (χ3v) is 2.26. The predicted molar refractivity (Wildman–Crippen MR) is 53.4 cm³/mol. The molecule has 1 aromatic rings. The summed E-state index contributed by atoms with van der Waals surface area (Å²) in [6.07, 6.45) is -0.0133. The Labute approximate surface area is 88.9 Å². The molecule has 0 aromatic heterocycles. The van der Waals surface area contributed by atoms with Crippen molar-refractivity contribution < 1.29 is 14.3 Å². The number of carbonyl (C=O) groups is 1. The molecule has 1 aromatic carbocycles. The SMILES string of the molecule is NC(Cc1cc(Br)ccc1F)C(=O)O. The van der Waals surface area contributed by atoms with E-state index in [0.717, 1.165) is 0 Å². The van der Waals surface area contributed by atoms with Gasteiger partial charge in [0.2, 0.25) is 0 Å². The standard InChI is InChI=1S/C9H9BrFNO2/c10-6-1-2-7(11)5(3-6)4-8(12)9(13)14/h1-3,8H,4,12H2,(H,13,14). The van der Waals surface area contributed by atoms with E-state index in [0.29, 0.717) is 10.0 Å². The highest BCUT2D eigenvalue weighted by Crippen LogP contribution is 2.16. The molecule has 5 heteroatoms. The summed E-state index contributed by atoms with van der Waals surface area (Å²) in [4.78, 5) is 10.4. The van der Waals surface area contributed by atoms with Gasteiger partial charge >= 0.3 is 5.97 Å². The summed E-state index contributed by atoms with van der Waals surface area (Å²) < 4.78 is 13.8. The Bertz CT molecular complexity index is 357. The van der Waals surface area contributed by atoms with E-state index in [2.05, 4.69) is 15.9 Å². The molecule has 1 unspecified atom stereocenters. The van der Waals surface area contributed by atoms with Crippen LogP contribution in [0.4, 0.5) is 4.39 Å². The fourth-order valence-corrected chi connectivity index (χ4v) is 1.43. The van der Waals surface area contributed by atoms with Crippen molar-refractivity contribution in [3.05, 3.63) is 34.1 Å². The first-order valence-electron chi connectivity index (χ1n) is 3.93. The number of benzene rings is 1. The van der Waals surface area contributed by atoms with Gasteiger partial charge in [0.25, 0.3) is 0 Å². The van der Waals surface area contributed by atoms with Crippen molar-refractivity contribution in [3.63, 3.8) is 0 Å². The van der Waals surface area contributed by atoms with E-state index in [1.807, 2.05) is 0 Å². The van der Waals surface area contributed by atoms with Gasteiger partial charge in [0.15, 0.2) is 0 Å². The fourth-order valence-electron chi connectivity index (χ4n) is 1.02. The Hall–Kier alpha value is -0.940. The van der Waals surface area contributed by atoms with E-state index >= 15 is 0 Å². The lowest BCUT2D eigenvalue weighted by atomic mass is 10.1. The molecule has 0 heterocycles. The van der Waals surface area contributed by atoms with Crippen molar-refractivity contribution in [2.24, 2.45) is 5.73 Å². The topological polar surface area (TPSA) is 63.3 Å². The first kappa shape index (κ1) is 11.1. The monoisotopic (exact) mass is 261 g/mol. The van der Waals surface area contributed by atoms with Gasteiger partial charge in [-0.05, 0) is 23.8 Å². The zero-order valence-corrected chi connectivity index (χ0v) is 8.79. The van der Waals surface area contributed by atoms with Gasteiger partial charge in [-0.2, -0.15) is 0 Å². The molecule has 14 heavy (non-hydrogen) atoms. The summed E-state index contributed by atoms with van der Waals surface area (Å²) in [5.41, 5.74) is 5.59. The normalized spacial score (nSPS) is 12.5. The number of rotatable bonds is 3. The number of nitrogens with two attached hydrogens (primary N) is 1. The van der Waals surface area contributed by atoms with Crippen molar-refractivity contribution in [2.75, 3.05) is 0 Å². The van der Waals surface area contributed by atoms with E-state index < -0.39 is 17.8 Å². The Morgan fingerprint density at radius 1 is 1.64 bits per heavy atom. The second kappa shape index (κ2) is 4.52. The second-order valence-electron chi connectivity index (χ2n) is 2.88. The summed E-state index contributed by atoms with van der Waals surface area (Å²) in [5.74, 6) is -1.57. The smallest absolute Gasteiger partial charge is 0.320 e. The zero-order chi connectivity index (χ0) is 10.7. The number of carboxylic acids is 1. The van der Waals surface area contributed by atoms with E-state index in [9.17, 15) is 9.18 Å². The minimum atomic E-state index is -1.13. The van der Waals surface area contributed by atoms with Crippen molar-refractivity contribution in [1.82, 2.24) is 0 Å². The molecular formula is C9H9BrFNO2. The van der Waals surface area contributed by atoms with Gasteiger partial charge in [-0.3, -0.25) is 4.79 Å². The minimum Gasteiger partial charge on any atom is -0.480 e. The molecule has 0 aliphatic carbocycles. The van der Waals surface area contributed by atoms with Crippen LogP contribution < -0.4 is 5.73 Å². The van der Waals surface area contributed by atoms with Crippen LogP contribution >= 0.6 is 15.9 Å². The number of carboxylic acid groups (broad SMARTS) is 1. The Balaban J connectivity index is 2.85. The van der Waals surface area contributed by atoms with E-state index in [4.69, 9.17) is 10.8 Å². The highest BCUT2D eigenvalue weighted by Gasteiger charge is 2.14. The second-order valence-corrected chi connectivity index (χ2v) is 3.80. The van der Waals surface area contributed by atoms with Crippen LogP contribution in [0.15, 0.2) is 22.7 Å². The van der Waals surface area contributed by atoms with Gasteiger partial charge in [0, 0.05) is 10.9 Å². The van der Waals surface area contributed by atoms with Gasteiger partial charge < -0.3 is 10.8 Å². The fraction of sp³-hybridized carbons (Fsp3) is 0.222. The molecule has 0 fully saturated rings. The van der Waals surface area contributed by atoms with Crippen LogP contribution in [-0.4, -0.2) is 17.1 Å². The summed E-state index contributed by atoms with van der Waals surface area (Å²) in [6, 6.07) is 3.27. The highest BCUT2D eigenvalue weighted by atomic mass is 79.9. The van der Waals surface area contributed by atoms with Crippen LogP contribution in [0.25, 0.3) is 0 Å². The number of hydrogen-bond donors (Lipinski definition) is 2. The van der Waals surface area contributed by atoms with Gasteiger partial charge in [-0.15, -0.1) is 0 Å². The van der Waals surface area contributed by atoms with Crippen LogP contribution in [0.2, 0.25) is 0 Å². The molecule has 1 rings (SSSR count). The molecule has 0 bridgehead atoms. The van der Waals surface area contributed by atoms with Crippen molar-refractivity contribution in [2.45, 2.75) is 12.5 Å². The lowest BCUT2D eigenvalue weighted by Gasteiger charge is -2.07. The van der Waals surface area contributed by atoms with E-state index in [1.54, 1.807) is 6.07 Å². The molecule has 0 aliphatic heterocycles. The average Bonchev–Trinajstić information content (AvgIpc) is 2.11. The molecule has 1 atom stereocenters. The lowest BCUT2D eigenvalue weighted by Crippen LogP contribution is -2.32. The van der Waals surface area contributed by atoms with Crippen LogP contribution in [-0.2, 0) is 11.2 Å². The first-order chi connectivity index (χ1) is 6.50. The maximum Gasteiger partial charge on any atom is 0.320 e. The predicted octanol–water partition coefficient (Wildman–Crippen LogP) is 1.54. The third-order valence-electron chi connectivity index (χ3n) is 1.76. The van der Waals surface area contributed by atoms with E-state index in [1.165, 1.54) is 12.1 Å². The quantitative estimate of drug-likeness (QED) is 0.868. The molecule has 0 saturated carbocycles. The molecule has 0 amide bonds. The maximum absolute atomic E-state index is 13.1. The molecule has 76 valence electrons.